The van der Waals surface area contributed by atoms with Crippen molar-refractivity contribution in [3.8, 4) is 23.0 Å². The zero-order chi connectivity index (χ0) is 39.8. The number of hydrogen-bond acceptors (Lipinski definition) is 2. The summed E-state index contributed by atoms with van der Waals surface area (Å²) in [5.74, 6) is 1.33. The Kier molecular flexibility index (Phi) is 5.02. The minimum Gasteiger partial charge on any atom is 0.0620 e. The normalized spacial score (nSPS) is 14.4. The van der Waals surface area contributed by atoms with Gasteiger partial charge in [-0.3, -0.25) is 0 Å². The first kappa shape index (κ1) is 24.3. The molecule has 7 heteroatoms. The quantitative estimate of drug-likeness (QED) is 0.177. The molecule has 5 aromatic heterocycles. The van der Waals surface area contributed by atoms with Crippen LogP contribution in [-0.4, -0.2) is 23.1 Å². The van der Waals surface area contributed by atoms with Crippen molar-refractivity contribution in [2.45, 2.75) is 13.8 Å². The van der Waals surface area contributed by atoms with Crippen molar-refractivity contribution < 1.29 is 32.3 Å². The summed E-state index contributed by atoms with van der Waals surface area (Å²) in [6, 6.07) is 41.6. The number of ether oxygens (including phenoxy) is 1. The van der Waals surface area contributed by atoms with Crippen LogP contribution < -0.4 is 4.74 Å². The maximum absolute atomic E-state index is 8.43. The zero-order valence-corrected chi connectivity index (χ0v) is 29.9. The number of imidazole rings is 1. The third-order valence-electron chi connectivity index (χ3n) is 10.4. The largest absolute Gasteiger partial charge is 0.0620 e. The van der Waals surface area contributed by atoms with Crippen LogP contribution in [0.5, 0.6) is 11.5 Å². The zero-order valence-electron chi connectivity index (χ0n) is 33.7. The van der Waals surface area contributed by atoms with Crippen molar-refractivity contribution in [1.82, 2.24) is 23.1 Å². The van der Waals surface area contributed by atoms with Gasteiger partial charge in [-0.05, 0) is 24.6 Å². The molecular formula is C45H31N5OPt. The molecule has 52 heavy (non-hydrogen) atoms. The van der Waals surface area contributed by atoms with Gasteiger partial charge in [0.05, 0.1) is 16.6 Å². The first-order chi connectivity index (χ1) is 27.9. The van der Waals surface area contributed by atoms with E-state index in [2.05, 4.69) is 69.6 Å². The smallest absolute Gasteiger partial charge is 0.0620 e. The Balaban J connectivity index is 1.14. The van der Waals surface area contributed by atoms with Crippen molar-refractivity contribution in [2.75, 3.05) is 0 Å². The summed E-state index contributed by atoms with van der Waals surface area (Å²) in [5, 5.41) is 6.82. The van der Waals surface area contributed by atoms with Gasteiger partial charge in [0.25, 0.3) is 0 Å². The van der Waals surface area contributed by atoms with E-state index in [1.54, 1.807) is 24.3 Å². The molecule has 5 heterocycles. The van der Waals surface area contributed by atoms with Gasteiger partial charge in [0.2, 0.25) is 0 Å². The van der Waals surface area contributed by atoms with E-state index in [0.29, 0.717) is 26.3 Å². The van der Waals surface area contributed by atoms with Crippen molar-refractivity contribution in [1.29, 1.82) is 0 Å². The summed E-state index contributed by atoms with van der Waals surface area (Å²) in [5.41, 5.74) is 8.13. The monoisotopic (exact) mass is 858 g/mol. The number of nitrogens with zero attached hydrogens (tertiary/aromatic N) is 5. The molecule has 0 unspecified atom stereocenters. The summed E-state index contributed by atoms with van der Waals surface area (Å²) in [6.45, 7) is -2.89. The summed E-state index contributed by atoms with van der Waals surface area (Å²) in [7, 11) is 0. The topological polar surface area (TPSA) is 41.3 Å². The second-order valence-corrected chi connectivity index (χ2v) is 14.3. The van der Waals surface area contributed by atoms with E-state index >= 15 is 0 Å². The van der Waals surface area contributed by atoms with Crippen molar-refractivity contribution in [3.05, 3.63) is 149 Å². The number of aromatic nitrogens is 5. The second kappa shape index (κ2) is 10.8. The molecule has 0 amide bonds. The Morgan fingerprint density at radius 2 is 1.37 bits per heavy atom. The van der Waals surface area contributed by atoms with Gasteiger partial charge in [0, 0.05) is 27.7 Å². The van der Waals surface area contributed by atoms with Crippen LogP contribution in [0.4, 0.5) is 0 Å². The van der Waals surface area contributed by atoms with E-state index in [1.807, 2.05) is 73.4 Å². The molecule has 0 bridgehead atoms. The fourth-order valence-electron chi connectivity index (χ4n) is 8.10. The molecule has 0 saturated carbocycles. The average molecular weight is 859 g/mol. The van der Waals surface area contributed by atoms with E-state index in [1.165, 1.54) is 32.3 Å². The first-order valence-electron chi connectivity index (χ1n) is 20.0. The Morgan fingerprint density at radius 3 is 2.21 bits per heavy atom. The van der Waals surface area contributed by atoms with Crippen LogP contribution in [0.1, 0.15) is 19.4 Å². The Bertz CT molecular complexity index is 3570. The third-order valence-corrected chi connectivity index (χ3v) is 11.4. The van der Waals surface area contributed by atoms with Gasteiger partial charge in [-0.15, -0.1) is 0 Å². The maximum Gasteiger partial charge on any atom is 0.0620 e. The predicted octanol–water partition coefficient (Wildman–Crippen LogP) is 11.1. The van der Waals surface area contributed by atoms with Crippen molar-refractivity contribution in [3.63, 3.8) is 0 Å². The average Bonchev–Trinajstić information content (AvgIpc) is 3.89. The molecule has 6 aromatic carbocycles. The Morgan fingerprint density at radius 1 is 0.615 bits per heavy atom. The van der Waals surface area contributed by atoms with E-state index in [9.17, 15) is 0 Å². The molecule has 252 valence electrons. The van der Waals surface area contributed by atoms with Crippen LogP contribution in [0, 0.1) is 17.6 Å². The minimum atomic E-state index is -2.49. The second-order valence-electron chi connectivity index (χ2n) is 13.3. The van der Waals surface area contributed by atoms with Crippen LogP contribution in [0.2, 0.25) is 0 Å². The number of rotatable bonds is 4. The fraction of sp³-hybridized carbons (Fsp3) is 0.0667. The fourth-order valence-corrected chi connectivity index (χ4v) is 8.94. The molecule has 0 spiro atoms. The number of pyridine rings is 1. The third kappa shape index (κ3) is 4.04. The van der Waals surface area contributed by atoms with Gasteiger partial charge in [0.1, 0.15) is 0 Å². The summed E-state index contributed by atoms with van der Waals surface area (Å²) < 4.78 is 64.8. The van der Waals surface area contributed by atoms with Crippen molar-refractivity contribution >= 4 is 70.9 Å². The predicted molar refractivity (Wildman–Crippen MR) is 208 cm³/mol. The molecule has 0 aliphatic rings. The molecule has 6 nitrogen and oxygen atoms in total. The van der Waals surface area contributed by atoms with Crippen LogP contribution in [-0.2, 0) is 26.3 Å². The summed E-state index contributed by atoms with van der Waals surface area (Å²) in [4.78, 5) is 4.85. The summed E-state index contributed by atoms with van der Waals surface area (Å²) >= 11 is 2.01. The van der Waals surface area contributed by atoms with Crippen LogP contribution >= 0.6 is 0 Å². The van der Waals surface area contributed by atoms with Gasteiger partial charge in [-0.1, -0.05) is 36.4 Å². The molecule has 0 radical (unpaired) electrons. The van der Waals surface area contributed by atoms with Crippen molar-refractivity contribution in [2.24, 2.45) is 6.98 Å². The van der Waals surface area contributed by atoms with Crippen LogP contribution in [0.25, 0.3) is 82.4 Å². The molecule has 0 aliphatic carbocycles. The molecule has 11 aromatic rings. The number of hydrogen-bond donors (Lipinski definition) is 0. The van der Waals surface area contributed by atoms with E-state index in [-0.39, 0.29) is 11.3 Å². The molecule has 11 rings (SSSR count). The van der Waals surface area contributed by atoms with Gasteiger partial charge in [0.15, 0.2) is 0 Å². The van der Waals surface area contributed by atoms with Gasteiger partial charge in [-0.25, -0.2) is 0 Å². The van der Waals surface area contributed by atoms with E-state index in [4.69, 9.17) is 17.9 Å². The number of benzene rings is 6. The Labute approximate surface area is 317 Å². The molecular weight excluding hydrogens is 822 g/mol. The minimum absolute atomic E-state index is 0.0351. The number of para-hydroxylation sites is 4. The first-order valence-corrected chi connectivity index (χ1v) is 18.1. The Hall–Kier alpha value is -5.97. The molecule has 0 fully saturated rings. The van der Waals surface area contributed by atoms with E-state index < -0.39 is 13.8 Å². The van der Waals surface area contributed by atoms with Gasteiger partial charge < -0.3 is 4.40 Å². The van der Waals surface area contributed by atoms with Crippen LogP contribution in [0.3, 0.4) is 0 Å². The number of fused-ring (bicyclic) bond motifs is 10. The van der Waals surface area contributed by atoms with E-state index in [0.717, 1.165) is 49.6 Å². The SMILES string of the molecule is [2H]C([2H])([2H])c1ccc(-n2[c](=[Pt])n(C([2H])([2H])[2H])c3ccccc32)cc1Oc1ccc2c3cc4c5cccc6c7ccccc7n(c4cc3n(-c3cc(C)ccn3)c2c1)c65. The molecule has 0 aliphatic heterocycles. The van der Waals surface area contributed by atoms with Gasteiger partial charge >= 0.3 is 209 Å². The van der Waals surface area contributed by atoms with Crippen LogP contribution in [0.15, 0.2) is 134 Å². The standard InChI is InChI=1S/C45H31N5O.Pt/c1-27-19-20-46-44(21-27)49-40-23-30(51-43-22-29(16-15-28(43)2)48-26-47(3)38-13-6-7-14-39(38)48)17-18-32(40)35-24-36-34-11-8-10-33-31-9-4-5-12-37(31)50(45(33)34)42(36)25-41(35)49;/h4-25H,1-3H3;/i2D3,3D3;. The maximum atomic E-state index is 8.43. The molecule has 0 N–H and O–H groups in total. The number of aryl methyl sites for hydroxylation is 3. The van der Waals surface area contributed by atoms with Gasteiger partial charge in [-0.2, -0.15) is 0 Å². The summed E-state index contributed by atoms with van der Waals surface area (Å²) in [6.07, 6.45) is 1.81. The molecule has 0 atom stereocenters. The molecule has 0 saturated heterocycles.